The summed E-state index contributed by atoms with van der Waals surface area (Å²) in [7, 11) is 2.86. The Kier molecular flexibility index (Phi) is 4.66. The number of nitrogens with zero attached hydrogens (tertiary/aromatic N) is 1. The number of esters is 1. The van der Waals surface area contributed by atoms with Gasteiger partial charge in [-0.25, -0.2) is 0 Å². The van der Waals surface area contributed by atoms with E-state index in [1.807, 2.05) is 30.3 Å². The summed E-state index contributed by atoms with van der Waals surface area (Å²) in [6.45, 7) is 0. The number of ether oxygens (including phenoxy) is 3. The third-order valence-electron chi connectivity index (χ3n) is 5.77. The summed E-state index contributed by atoms with van der Waals surface area (Å²) in [6, 6.07) is 17.9. The fraction of sp³-hybridized carbons (Fsp3) is 0.160. The third-order valence-corrected chi connectivity index (χ3v) is 5.77. The van der Waals surface area contributed by atoms with Crippen LogP contribution < -0.4 is 14.4 Å². The van der Waals surface area contributed by atoms with Crippen molar-refractivity contribution in [1.29, 1.82) is 0 Å². The molecule has 32 heavy (non-hydrogen) atoms. The van der Waals surface area contributed by atoms with Crippen molar-refractivity contribution in [2.24, 2.45) is 0 Å². The van der Waals surface area contributed by atoms with Crippen molar-refractivity contribution >= 4 is 29.0 Å². The van der Waals surface area contributed by atoms with E-state index in [2.05, 4.69) is 0 Å². The Morgan fingerprint density at radius 3 is 2.44 bits per heavy atom. The van der Waals surface area contributed by atoms with Gasteiger partial charge in [0.05, 0.1) is 31.9 Å². The molecule has 0 saturated carbocycles. The molecule has 3 aromatic rings. The van der Waals surface area contributed by atoms with Crippen LogP contribution in [0.4, 0.5) is 11.4 Å². The smallest absolute Gasteiger partial charge is 0.309 e. The molecule has 160 valence electrons. The van der Waals surface area contributed by atoms with Gasteiger partial charge in [0.15, 0.2) is 0 Å². The van der Waals surface area contributed by atoms with Gasteiger partial charge >= 0.3 is 11.9 Å². The second-order valence-electron chi connectivity index (χ2n) is 7.47. The van der Waals surface area contributed by atoms with Crippen molar-refractivity contribution in [3.8, 4) is 22.6 Å². The number of rotatable bonds is 4. The Bertz CT molecular complexity index is 1260. The summed E-state index contributed by atoms with van der Waals surface area (Å²) in [5, 5.41) is 0. The maximum absolute atomic E-state index is 13.2. The highest BCUT2D eigenvalue weighted by Crippen LogP contribution is 2.49. The highest BCUT2D eigenvalue weighted by molar-refractivity contribution is 6.54. The van der Waals surface area contributed by atoms with Gasteiger partial charge in [0.2, 0.25) is 0 Å². The number of hydrogen-bond donors (Lipinski definition) is 0. The predicted octanol–water partition coefficient (Wildman–Crippen LogP) is 4.22. The minimum atomic E-state index is -0.755. The first kappa shape index (κ1) is 19.8. The Morgan fingerprint density at radius 1 is 0.969 bits per heavy atom. The monoisotopic (exact) mass is 429 g/mol. The molecule has 0 aliphatic carbocycles. The van der Waals surface area contributed by atoms with Crippen LogP contribution in [0, 0.1) is 0 Å². The second kappa shape index (κ2) is 7.53. The lowest BCUT2D eigenvalue weighted by molar-refractivity contribution is -0.142. The summed E-state index contributed by atoms with van der Waals surface area (Å²) in [4.78, 5) is 39.7. The summed E-state index contributed by atoms with van der Waals surface area (Å²) >= 11 is 0. The molecule has 5 rings (SSSR count). The number of hydrogen-bond acceptors (Lipinski definition) is 6. The van der Waals surface area contributed by atoms with Crippen molar-refractivity contribution < 1.29 is 28.6 Å². The van der Waals surface area contributed by atoms with Crippen LogP contribution in [0.3, 0.4) is 0 Å². The van der Waals surface area contributed by atoms with Gasteiger partial charge in [-0.15, -0.1) is 0 Å². The zero-order chi connectivity index (χ0) is 22.4. The molecule has 0 radical (unpaired) electrons. The van der Waals surface area contributed by atoms with E-state index in [-0.39, 0.29) is 12.0 Å². The van der Waals surface area contributed by atoms with Crippen molar-refractivity contribution in [1.82, 2.24) is 0 Å². The van der Waals surface area contributed by atoms with Gasteiger partial charge in [-0.1, -0.05) is 24.3 Å². The molecule has 0 fully saturated rings. The average molecular weight is 429 g/mol. The van der Waals surface area contributed by atoms with E-state index in [9.17, 15) is 14.4 Å². The van der Waals surface area contributed by atoms with Crippen LogP contribution in [-0.4, -0.2) is 31.9 Å². The molecule has 7 heteroatoms. The van der Waals surface area contributed by atoms with Crippen molar-refractivity contribution in [3.05, 3.63) is 71.8 Å². The molecule has 1 unspecified atom stereocenters. The molecule has 0 bridgehead atoms. The molecule has 7 nitrogen and oxygen atoms in total. The largest absolute Gasteiger partial charge is 0.497 e. The van der Waals surface area contributed by atoms with E-state index in [0.717, 1.165) is 11.1 Å². The highest BCUT2D eigenvalue weighted by atomic mass is 16.5. The molecular weight excluding hydrogens is 410 g/mol. The van der Waals surface area contributed by atoms with E-state index in [1.54, 1.807) is 37.4 Å². The number of fused-ring (bicyclic) bond motifs is 5. The lowest BCUT2D eigenvalue weighted by atomic mass is 9.86. The van der Waals surface area contributed by atoms with E-state index in [0.29, 0.717) is 28.4 Å². The van der Waals surface area contributed by atoms with E-state index in [1.165, 1.54) is 12.0 Å². The quantitative estimate of drug-likeness (QED) is 0.456. The predicted molar refractivity (Wildman–Crippen MR) is 116 cm³/mol. The Balaban J connectivity index is 1.70. The van der Waals surface area contributed by atoms with E-state index in [4.69, 9.17) is 14.2 Å². The number of Topliss-reactive ketones (excluding diaryl/α,β-unsaturated/α-hetero) is 1. The molecule has 3 aromatic carbocycles. The molecule has 2 heterocycles. The molecule has 0 aromatic heterocycles. The van der Waals surface area contributed by atoms with Gasteiger partial charge in [0.1, 0.15) is 17.6 Å². The van der Waals surface area contributed by atoms with Crippen LogP contribution in [0.5, 0.6) is 11.5 Å². The fourth-order valence-electron chi connectivity index (χ4n) is 4.29. The minimum Gasteiger partial charge on any atom is -0.497 e. The van der Waals surface area contributed by atoms with Crippen LogP contribution in [0.25, 0.3) is 11.1 Å². The second-order valence-corrected chi connectivity index (χ2v) is 7.47. The maximum Gasteiger partial charge on any atom is 0.309 e. The molecule has 1 atom stereocenters. The molecule has 2 aliphatic heterocycles. The number of amides is 1. The molecule has 0 spiro atoms. The van der Waals surface area contributed by atoms with Gasteiger partial charge in [-0.05, 0) is 42.0 Å². The first-order valence-electron chi connectivity index (χ1n) is 10.1. The highest BCUT2D eigenvalue weighted by Gasteiger charge is 2.43. The summed E-state index contributed by atoms with van der Waals surface area (Å²) in [5.74, 6) is -0.514. The number of carbonyl (C=O) groups is 3. The van der Waals surface area contributed by atoms with Gasteiger partial charge < -0.3 is 14.2 Å². The zero-order valence-electron chi connectivity index (χ0n) is 17.5. The summed E-state index contributed by atoms with van der Waals surface area (Å²) in [6.07, 6.45) is -0.840. The third kappa shape index (κ3) is 2.93. The number of ketones is 1. The molecular formula is C25H19NO6. The van der Waals surface area contributed by atoms with Crippen LogP contribution in [0.15, 0.2) is 60.7 Å². The number of anilines is 2. The summed E-state index contributed by atoms with van der Waals surface area (Å²) in [5.41, 5.74) is 3.35. The fourth-order valence-corrected chi connectivity index (χ4v) is 4.29. The zero-order valence-corrected chi connectivity index (χ0v) is 17.5. The molecule has 1 amide bonds. The number of benzene rings is 3. The molecule has 0 saturated heterocycles. The van der Waals surface area contributed by atoms with Crippen molar-refractivity contribution in [2.45, 2.75) is 12.5 Å². The molecule has 0 N–H and O–H groups in total. The van der Waals surface area contributed by atoms with E-state index >= 15 is 0 Å². The first-order chi connectivity index (χ1) is 15.5. The number of carbonyl (C=O) groups excluding carboxylic acids is 3. The van der Waals surface area contributed by atoms with Gasteiger partial charge in [-0.3, -0.25) is 19.3 Å². The van der Waals surface area contributed by atoms with E-state index < -0.39 is 23.8 Å². The van der Waals surface area contributed by atoms with Crippen LogP contribution in [-0.2, 0) is 14.3 Å². The first-order valence-corrected chi connectivity index (χ1v) is 10.1. The van der Waals surface area contributed by atoms with Gasteiger partial charge in [-0.2, -0.15) is 0 Å². The molecule has 2 aliphatic rings. The van der Waals surface area contributed by atoms with Crippen LogP contribution in [0.2, 0.25) is 0 Å². The lowest BCUT2D eigenvalue weighted by Crippen LogP contribution is -2.25. The SMILES string of the molecule is COC(=O)CC1Oc2ccccc2-c2ccc3c(c21)C(=O)C(=O)N3c1ccc(OC)cc1. The number of para-hydroxylation sites is 1. The van der Waals surface area contributed by atoms with Gasteiger partial charge in [0.25, 0.3) is 5.78 Å². The summed E-state index contributed by atoms with van der Waals surface area (Å²) < 4.78 is 16.1. The number of methoxy groups -OCH3 is 2. The Hall–Kier alpha value is -4.13. The topological polar surface area (TPSA) is 82.1 Å². The van der Waals surface area contributed by atoms with Crippen molar-refractivity contribution in [2.75, 3.05) is 19.1 Å². The van der Waals surface area contributed by atoms with Gasteiger partial charge in [0, 0.05) is 16.8 Å². The minimum absolute atomic E-state index is 0.0850. The Labute approximate surface area is 184 Å². The van der Waals surface area contributed by atoms with Crippen LogP contribution in [0.1, 0.15) is 28.4 Å². The standard InChI is InChI=1S/C25H19NO6/c1-30-15-9-7-14(8-10-15)26-18-12-11-17-16-5-3-4-6-19(16)32-20(13-21(27)31-2)22(17)23(18)24(28)25(26)29/h3-12,20H,13H2,1-2H3. The lowest BCUT2D eigenvalue weighted by Gasteiger charge is -2.30. The normalized spacial score (nSPS) is 16.1. The maximum atomic E-state index is 13.2. The van der Waals surface area contributed by atoms with Crippen molar-refractivity contribution in [3.63, 3.8) is 0 Å². The van der Waals surface area contributed by atoms with Crippen LogP contribution >= 0.6 is 0 Å². The Morgan fingerprint density at radius 2 is 1.72 bits per heavy atom. The average Bonchev–Trinajstić information content (AvgIpc) is 3.08.